The van der Waals surface area contributed by atoms with Crippen LogP contribution in [0.5, 0.6) is 0 Å². The van der Waals surface area contributed by atoms with Gasteiger partial charge in [-0.05, 0) is 32.9 Å². The van der Waals surface area contributed by atoms with Crippen molar-refractivity contribution >= 4 is 11.9 Å². The second kappa shape index (κ2) is 6.17. The lowest BCUT2D eigenvalue weighted by atomic mass is 10.2. The van der Waals surface area contributed by atoms with Crippen LogP contribution in [0.2, 0.25) is 0 Å². The van der Waals surface area contributed by atoms with E-state index in [0.717, 1.165) is 0 Å². The fourth-order valence-corrected chi connectivity index (χ4v) is 1.59. The van der Waals surface area contributed by atoms with Crippen LogP contribution in [-0.4, -0.2) is 41.5 Å². The molecule has 0 radical (unpaired) electrons. The third kappa shape index (κ3) is 3.67. The molecule has 6 heteroatoms. The highest BCUT2D eigenvalue weighted by atomic mass is 16.5. The number of aromatic nitrogens is 1. The zero-order valence-electron chi connectivity index (χ0n) is 11.5. The number of nitrogens with zero attached hydrogens (tertiary/aromatic N) is 1. The van der Waals surface area contributed by atoms with Crippen LogP contribution >= 0.6 is 0 Å². The average Bonchev–Trinajstić information content (AvgIpc) is 2.34. The molecule has 0 spiro atoms. The maximum Gasteiger partial charge on any atom is 0.325 e. The third-order valence-electron chi connectivity index (χ3n) is 2.70. The van der Waals surface area contributed by atoms with Crippen LogP contribution in [0.25, 0.3) is 0 Å². The first-order valence-corrected chi connectivity index (χ1v) is 5.94. The Labute approximate surface area is 111 Å². The van der Waals surface area contributed by atoms with Gasteiger partial charge in [-0.2, -0.15) is 0 Å². The molecule has 0 fully saturated rings. The van der Waals surface area contributed by atoms with E-state index in [2.05, 4.69) is 9.72 Å². The molecule has 0 unspecified atom stereocenters. The minimum absolute atomic E-state index is 0.0169. The zero-order valence-corrected chi connectivity index (χ0v) is 11.5. The van der Waals surface area contributed by atoms with Gasteiger partial charge in [-0.1, -0.05) is 0 Å². The van der Waals surface area contributed by atoms with Crippen molar-refractivity contribution in [2.75, 3.05) is 13.7 Å². The highest BCUT2D eigenvalue weighted by Gasteiger charge is 2.23. The Hall–Kier alpha value is -2.11. The van der Waals surface area contributed by atoms with Crippen molar-refractivity contribution in [2.45, 2.75) is 26.8 Å². The fourth-order valence-electron chi connectivity index (χ4n) is 1.59. The van der Waals surface area contributed by atoms with E-state index in [1.807, 2.05) is 0 Å². The van der Waals surface area contributed by atoms with Gasteiger partial charge >= 0.3 is 5.97 Å². The molecule has 1 N–H and O–H groups in total. The van der Waals surface area contributed by atoms with Gasteiger partial charge in [0.1, 0.15) is 12.1 Å². The minimum atomic E-state index is -0.523. The van der Waals surface area contributed by atoms with Crippen molar-refractivity contribution < 1.29 is 14.3 Å². The Morgan fingerprint density at radius 1 is 1.37 bits per heavy atom. The Morgan fingerprint density at radius 2 is 2.00 bits per heavy atom. The van der Waals surface area contributed by atoms with E-state index < -0.39 is 17.4 Å². The molecule has 0 aliphatic rings. The predicted octanol–water partition coefficient (Wildman–Crippen LogP) is 0.707. The van der Waals surface area contributed by atoms with Crippen LogP contribution in [-0.2, 0) is 9.53 Å². The zero-order chi connectivity index (χ0) is 14.6. The molecule has 0 aliphatic heterocycles. The monoisotopic (exact) mass is 266 g/mol. The van der Waals surface area contributed by atoms with E-state index in [0.29, 0.717) is 5.69 Å². The van der Waals surface area contributed by atoms with Gasteiger partial charge in [0, 0.05) is 11.7 Å². The highest BCUT2D eigenvalue weighted by Crippen LogP contribution is 2.06. The fraction of sp³-hybridized carbons (Fsp3) is 0.462. The number of nitrogens with one attached hydrogen (secondary N) is 1. The van der Waals surface area contributed by atoms with Crippen molar-refractivity contribution in [3.63, 3.8) is 0 Å². The van der Waals surface area contributed by atoms with E-state index >= 15 is 0 Å². The number of methoxy groups -OCH3 is 1. The summed E-state index contributed by atoms with van der Waals surface area (Å²) in [5, 5.41) is 0. The van der Waals surface area contributed by atoms with E-state index in [4.69, 9.17) is 0 Å². The van der Waals surface area contributed by atoms with Gasteiger partial charge in [0.05, 0.1) is 7.11 Å². The minimum Gasteiger partial charge on any atom is -0.468 e. The summed E-state index contributed by atoms with van der Waals surface area (Å²) < 4.78 is 4.55. The molecule has 0 atom stereocenters. The molecule has 1 heterocycles. The Bertz CT molecular complexity index is 534. The number of H-pyrrole nitrogens is 1. The first kappa shape index (κ1) is 14.9. The summed E-state index contributed by atoms with van der Waals surface area (Å²) in [5.41, 5.74) is 0.231. The standard InChI is InChI=1S/C13H18N2O4/c1-8(2)15(7-11(16)19-4)13(18)10-6-5-9(3)14-12(10)17/h5-6,8H,7H2,1-4H3,(H,14,17). The molecule has 1 aromatic rings. The Balaban J connectivity index is 3.06. The van der Waals surface area contributed by atoms with Crippen LogP contribution in [0.15, 0.2) is 16.9 Å². The van der Waals surface area contributed by atoms with Crippen molar-refractivity contribution in [3.05, 3.63) is 33.7 Å². The molecule has 0 saturated carbocycles. The van der Waals surface area contributed by atoms with Gasteiger partial charge in [0.25, 0.3) is 11.5 Å². The van der Waals surface area contributed by atoms with Crippen molar-refractivity contribution in [1.29, 1.82) is 0 Å². The van der Waals surface area contributed by atoms with E-state index in [9.17, 15) is 14.4 Å². The summed E-state index contributed by atoms with van der Waals surface area (Å²) in [7, 11) is 1.25. The number of esters is 1. The number of hydrogen-bond donors (Lipinski definition) is 1. The first-order valence-electron chi connectivity index (χ1n) is 5.94. The number of rotatable bonds is 4. The van der Waals surface area contributed by atoms with Crippen LogP contribution < -0.4 is 5.56 Å². The molecule has 0 aromatic carbocycles. The molecule has 0 saturated heterocycles. The van der Waals surface area contributed by atoms with Gasteiger partial charge < -0.3 is 14.6 Å². The summed E-state index contributed by atoms with van der Waals surface area (Å²) in [5.74, 6) is -1.01. The Kier molecular flexibility index (Phi) is 4.86. The third-order valence-corrected chi connectivity index (χ3v) is 2.70. The van der Waals surface area contributed by atoms with Crippen LogP contribution in [0, 0.1) is 6.92 Å². The van der Waals surface area contributed by atoms with Gasteiger partial charge in [-0.25, -0.2) is 0 Å². The first-order chi connectivity index (χ1) is 8.86. The highest BCUT2D eigenvalue weighted by molar-refractivity contribution is 5.95. The van der Waals surface area contributed by atoms with Gasteiger partial charge in [-0.3, -0.25) is 14.4 Å². The molecule has 0 bridgehead atoms. The molecular weight excluding hydrogens is 248 g/mol. The molecule has 104 valence electrons. The van der Waals surface area contributed by atoms with E-state index in [-0.39, 0.29) is 18.2 Å². The number of ether oxygens (including phenoxy) is 1. The molecular formula is C13H18N2O4. The second-order valence-corrected chi connectivity index (χ2v) is 4.49. The topological polar surface area (TPSA) is 79.5 Å². The summed E-state index contributed by atoms with van der Waals surface area (Å²) >= 11 is 0. The summed E-state index contributed by atoms with van der Waals surface area (Å²) in [6, 6.07) is 2.89. The average molecular weight is 266 g/mol. The molecule has 6 nitrogen and oxygen atoms in total. The lowest BCUT2D eigenvalue weighted by Crippen LogP contribution is -2.43. The van der Waals surface area contributed by atoms with Gasteiger partial charge in [-0.15, -0.1) is 0 Å². The van der Waals surface area contributed by atoms with Crippen LogP contribution in [0.3, 0.4) is 0 Å². The summed E-state index contributed by atoms with van der Waals surface area (Å²) in [6.45, 7) is 5.08. The van der Waals surface area contributed by atoms with Gasteiger partial charge in [0.2, 0.25) is 0 Å². The predicted molar refractivity (Wildman–Crippen MR) is 70.0 cm³/mol. The number of carbonyl (C=O) groups excluding carboxylic acids is 2. The largest absolute Gasteiger partial charge is 0.468 e. The number of hydrogen-bond acceptors (Lipinski definition) is 4. The second-order valence-electron chi connectivity index (χ2n) is 4.49. The summed E-state index contributed by atoms with van der Waals surface area (Å²) in [6.07, 6.45) is 0. The molecule has 19 heavy (non-hydrogen) atoms. The molecule has 0 aliphatic carbocycles. The number of pyridine rings is 1. The van der Waals surface area contributed by atoms with Crippen LogP contribution in [0.1, 0.15) is 29.9 Å². The normalized spacial score (nSPS) is 10.4. The van der Waals surface area contributed by atoms with E-state index in [1.54, 1.807) is 26.8 Å². The van der Waals surface area contributed by atoms with Crippen LogP contribution in [0.4, 0.5) is 0 Å². The molecule has 1 aromatic heterocycles. The van der Waals surface area contributed by atoms with Crippen molar-refractivity contribution in [3.8, 4) is 0 Å². The number of carbonyl (C=O) groups is 2. The van der Waals surface area contributed by atoms with Gasteiger partial charge in [0.15, 0.2) is 0 Å². The lowest BCUT2D eigenvalue weighted by molar-refractivity contribution is -0.141. The van der Waals surface area contributed by atoms with Crippen molar-refractivity contribution in [1.82, 2.24) is 9.88 Å². The maximum atomic E-state index is 12.3. The summed E-state index contributed by atoms with van der Waals surface area (Å²) in [4.78, 5) is 39.2. The number of aryl methyl sites for hydroxylation is 1. The SMILES string of the molecule is COC(=O)CN(C(=O)c1ccc(C)[nH]c1=O)C(C)C. The lowest BCUT2D eigenvalue weighted by Gasteiger charge is -2.25. The van der Waals surface area contributed by atoms with Crippen molar-refractivity contribution in [2.24, 2.45) is 0 Å². The number of amides is 1. The number of aromatic amines is 1. The molecule has 1 amide bonds. The maximum absolute atomic E-state index is 12.3. The quantitative estimate of drug-likeness (QED) is 0.814. The Morgan fingerprint density at radius 3 is 2.47 bits per heavy atom. The smallest absolute Gasteiger partial charge is 0.325 e. The van der Waals surface area contributed by atoms with E-state index in [1.165, 1.54) is 18.1 Å². The molecule has 1 rings (SSSR count).